The number of thiazole rings is 1. The van der Waals surface area contributed by atoms with E-state index in [1.165, 1.54) is 12.8 Å². The summed E-state index contributed by atoms with van der Waals surface area (Å²) in [5, 5.41) is 8.47. The molecule has 4 nitrogen and oxygen atoms in total. The molecule has 23 heavy (non-hydrogen) atoms. The van der Waals surface area contributed by atoms with E-state index in [0.717, 1.165) is 35.2 Å². The Labute approximate surface area is 150 Å². The predicted octanol–water partition coefficient (Wildman–Crippen LogP) is 4.04. The maximum absolute atomic E-state index is 12.4. The van der Waals surface area contributed by atoms with Gasteiger partial charge in [0.05, 0.1) is 10.7 Å². The van der Waals surface area contributed by atoms with Crippen LogP contribution in [0.5, 0.6) is 0 Å². The average molecular weight is 360 g/mol. The number of anilines is 1. The Hall–Kier alpha value is -0.650. The van der Waals surface area contributed by atoms with Gasteiger partial charge in [-0.3, -0.25) is 4.79 Å². The summed E-state index contributed by atoms with van der Waals surface area (Å²) in [4.78, 5) is 16.9. The van der Waals surface area contributed by atoms with Gasteiger partial charge >= 0.3 is 0 Å². The molecule has 6 heteroatoms. The van der Waals surface area contributed by atoms with Gasteiger partial charge in [-0.25, -0.2) is 4.98 Å². The first kappa shape index (κ1) is 20.4. The summed E-state index contributed by atoms with van der Waals surface area (Å²) in [6.07, 6.45) is 3.91. The van der Waals surface area contributed by atoms with Gasteiger partial charge < -0.3 is 10.6 Å². The van der Waals surface area contributed by atoms with Gasteiger partial charge in [-0.05, 0) is 57.0 Å². The third kappa shape index (κ3) is 6.40. The van der Waals surface area contributed by atoms with Crippen LogP contribution in [0.25, 0.3) is 0 Å². The molecular formula is C17H30ClN3OS. The Morgan fingerprint density at radius 3 is 2.61 bits per heavy atom. The van der Waals surface area contributed by atoms with Crippen molar-refractivity contribution in [1.82, 2.24) is 10.3 Å². The molecule has 1 fully saturated rings. The normalized spacial score (nSPS) is 16.9. The van der Waals surface area contributed by atoms with Gasteiger partial charge in [0.15, 0.2) is 0 Å². The zero-order chi connectivity index (χ0) is 16.1. The van der Waals surface area contributed by atoms with E-state index in [0.29, 0.717) is 24.2 Å². The number of hydrogen-bond acceptors (Lipinski definition) is 4. The molecule has 1 amide bonds. The van der Waals surface area contributed by atoms with Crippen LogP contribution in [-0.4, -0.2) is 24.0 Å². The van der Waals surface area contributed by atoms with Crippen molar-refractivity contribution in [2.24, 2.45) is 17.8 Å². The molecule has 1 aliphatic heterocycles. The number of rotatable bonds is 6. The fraction of sp³-hybridized carbons (Fsp3) is 0.765. The van der Waals surface area contributed by atoms with Crippen LogP contribution in [0, 0.1) is 24.7 Å². The van der Waals surface area contributed by atoms with E-state index >= 15 is 0 Å². The Bertz CT molecular complexity index is 498. The zero-order valence-corrected chi connectivity index (χ0v) is 16.3. The SMILES string of the molecule is Cc1nc(CC(C)C)c(NC(=O)CC(C)C2CCNCC2)s1.Cl. The van der Waals surface area contributed by atoms with Crippen LogP contribution in [0.1, 0.15) is 50.7 Å². The highest BCUT2D eigenvalue weighted by atomic mass is 35.5. The van der Waals surface area contributed by atoms with E-state index in [4.69, 9.17) is 0 Å². The van der Waals surface area contributed by atoms with E-state index in [1.54, 1.807) is 11.3 Å². The molecular weight excluding hydrogens is 330 g/mol. The van der Waals surface area contributed by atoms with Crippen molar-refractivity contribution in [2.75, 3.05) is 18.4 Å². The maximum atomic E-state index is 12.4. The Morgan fingerprint density at radius 2 is 2.00 bits per heavy atom. The Balaban J connectivity index is 0.00000264. The number of nitrogens with one attached hydrogen (secondary N) is 2. The van der Waals surface area contributed by atoms with Crippen molar-refractivity contribution in [2.45, 2.75) is 53.4 Å². The van der Waals surface area contributed by atoms with E-state index < -0.39 is 0 Å². The van der Waals surface area contributed by atoms with E-state index in [1.807, 2.05) is 6.92 Å². The summed E-state index contributed by atoms with van der Waals surface area (Å²) in [5.74, 6) is 1.81. The fourth-order valence-corrected chi connectivity index (χ4v) is 4.01. The molecule has 0 aliphatic carbocycles. The highest BCUT2D eigenvalue weighted by Crippen LogP contribution is 2.28. The molecule has 2 heterocycles. The first-order valence-corrected chi connectivity index (χ1v) is 9.24. The monoisotopic (exact) mass is 359 g/mol. The Morgan fingerprint density at radius 1 is 1.35 bits per heavy atom. The lowest BCUT2D eigenvalue weighted by molar-refractivity contribution is -0.117. The predicted molar refractivity (Wildman–Crippen MR) is 101 cm³/mol. The van der Waals surface area contributed by atoms with Crippen LogP contribution in [0.2, 0.25) is 0 Å². The van der Waals surface area contributed by atoms with E-state index in [9.17, 15) is 4.79 Å². The number of aryl methyl sites for hydroxylation is 1. The summed E-state index contributed by atoms with van der Waals surface area (Å²) >= 11 is 1.59. The zero-order valence-electron chi connectivity index (χ0n) is 14.6. The minimum Gasteiger partial charge on any atom is -0.317 e. The highest BCUT2D eigenvalue weighted by Gasteiger charge is 2.23. The topological polar surface area (TPSA) is 54.0 Å². The van der Waals surface area contributed by atoms with Crippen molar-refractivity contribution in [1.29, 1.82) is 0 Å². The summed E-state index contributed by atoms with van der Waals surface area (Å²) < 4.78 is 0. The fourth-order valence-electron chi connectivity index (χ4n) is 3.14. The van der Waals surface area contributed by atoms with Gasteiger partial charge in [0, 0.05) is 6.42 Å². The second-order valence-electron chi connectivity index (χ2n) is 6.92. The molecule has 0 radical (unpaired) electrons. The summed E-state index contributed by atoms with van der Waals surface area (Å²) in [7, 11) is 0. The molecule has 0 saturated carbocycles. The van der Waals surface area contributed by atoms with Crippen LogP contribution in [0.15, 0.2) is 0 Å². The molecule has 1 aromatic heterocycles. The van der Waals surface area contributed by atoms with Gasteiger partial charge in [-0.15, -0.1) is 23.7 Å². The molecule has 132 valence electrons. The first-order valence-electron chi connectivity index (χ1n) is 8.42. The third-order valence-electron chi connectivity index (χ3n) is 4.35. The number of carbonyl (C=O) groups excluding carboxylic acids is 1. The van der Waals surface area contributed by atoms with Crippen LogP contribution in [0.4, 0.5) is 5.00 Å². The summed E-state index contributed by atoms with van der Waals surface area (Å²) in [5.41, 5.74) is 1.04. The smallest absolute Gasteiger partial charge is 0.225 e. The van der Waals surface area contributed by atoms with Crippen molar-refractivity contribution >= 4 is 34.7 Å². The second-order valence-corrected chi connectivity index (χ2v) is 8.13. The molecule has 0 spiro atoms. The lowest BCUT2D eigenvalue weighted by atomic mass is 9.84. The van der Waals surface area contributed by atoms with Gasteiger partial charge in [0.2, 0.25) is 5.91 Å². The lowest BCUT2D eigenvalue weighted by Crippen LogP contribution is -2.32. The number of halogens is 1. The van der Waals surface area contributed by atoms with E-state index in [-0.39, 0.29) is 18.3 Å². The van der Waals surface area contributed by atoms with Crippen LogP contribution in [0.3, 0.4) is 0 Å². The molecule has 2 N–H and O–H groups in total. The van der Waals surface area contributed by atoms with Crippen molar-refractivity contribution in [3.05, 3.63) is 10.7 Å². The summed E-state index contributed by atoms with van der Waals surface area (Å²) in [6, 6.07) is 0. The molecule has 1 atom stereocenters. The summed E-state index contributed by atoms with van der Waals surface area (Å²) in [6.45, 7) is 10.7. The molecule has 1 aromatic rings. The molecule has 2 rings (SSSR count). The molecule has 0 aromatic carbocycles. The van der Waals surface area contributed by atoms with Gasteiger partial charge in [0.25, 0.3) is 0 Å². The average Bonchev–Trinajstić information content (AvgIpc) is 2.78. The number of nitrogens with zero attached hydrogens (tertiary/aromatic N) is 1. The van der Waals surface area contributed by atoms with Gasteiger partial charge in [0.1, 0.15) is 5.00 Å². The number of amides is 1. The number of aromatic nitrogens is 1. The standard InChI is InChI=1S/C17H29N3OS.ClH/c1-11(2)9-15-17(22-13(4)19-15)20-16(21)10-12(3)14-5-7-18-8-6-14;/h11-12,14,18H,5-10H2,1-4H3,(H,20,21);1H. The first-order chi connectivity index (χ1) is 10.5. The van der Waals surface area contributed by atoms with Crippen molar-refractivity contribution < 1.29 is 4.79 Å². The van der Waals surface area contributed by atoms with Crippen LogP contribution >= 0.6 is 23.7 Å². The van der Waals surface area contributed by atoms with Crippen molar-refractivity contribution in [3.63, 3.8) is 0 Å². The number of carbonyl (C=O) groups is 1. The van der Waals surface area contributed by atoms with E-state index in [2.05, 4.69) is 36.4 Å². The molecule has 1 aliphatic rings. The minimum atomic E-state index is 0. The minimum absolute atomic E-state index is 0. The Kier molecular flexibility index (Phi) is 8.51. The van der Waals surface area contributed by atoms with Crippen LogP contribution < -0.4 is 10.6 Å². The molecule has 0 bridgehead atoms. The largest absolute Gasteiger partial charge is 0.317 e. The lowest BCUT2D eigenvalue weighted by Gasteiger charge is -2.27. The third-order valence-corrected chi connectivity index (χ3v) is 5.28. The van der Waals surface area contributed by atoms with Crippen molar-refractivity contribution in [3.8, 4) is 0 Å². The van der Waals surface area contributed by atoms with Gasteiger partial charge in [-0.1, -0.05) is 20.8 Å². The second kappa shape index (κ2) is 9.60. The quantitative estimate of drug-likeness (QED) is 0.806. The number of piperidine rings is 1. The highest BCUT2D eigenvalue weighted by molar-refractivity contribution is 7.16. The maximum Gasteiger partial charge on any atom is 0.225 e. The molecule has 1 saturated heterocycles. The van der Waals surface area contributed by atoms with Gasteiger partial charge in [-0.2, -0.15) is 0 Å². The molecule has 1 unspecified atom stereocenters. The number of hydrogen-bond donors (Lipinski definition) is 2. The van der Waals surface area contributed by atoms with Crippen LogP contribution in [-0.2, 0) is 11.2 Å².